The van der Waals surface area contributed by atoms with Crippen LogP contribution in [0.1, 0.15) is 39.0 Å². The maximum absolute atomic E-state index is 12.0. The summed E-state index contributed by atoms with van der Waals surface area (Å²) in [6.07, 6.45) is 4.45. The average Bonchev–Trinajstić information content (AvgIpc) is 2.78. The van der Waals surface area contributed by atoms with E-state index in [2.05, 4.69) is 4.72 Å². The van der Waals surface area contributed by atoms with Gasteiger partial charge in [0.25, 0.3) is 0 Å². The van der Waals surface area contributed by atoms with E-state index in [1.54, 1.807) is 0 Å². The van der Waals surface area contributed by atoms with Crippen molar-refractivity contribution in [2.45, 2.75) is 57.3 Å². The Balaban J connectivity index is 1.75. The van der Waals surface area contributed by atoms with Crippen LogP contribution in [0.4, 0.5) is 0 Å². The van der Waals surface area contributed by atoms with Gasteiger partial charge in [0.15, 0.2) is 0 Å². The maximum atomic E-state index is 12.0. The molecular formula is C12H23NO4S. The fourth-order valence-corrected chi connectivity index (χ4v) is 3.99. The van der Waals surface area contributed by atoms with Crippen molar-refractivity contribution >= 4 is 10.0 Å². The molecule has 2 fully saturated rings. The lowest BCUT2D eigenvalue weighted by Crippen LogP contribution is -2.42. The Morgan fingerprint density at radius 3 is 2.72 bits per heavy atom. The summed E-state index contributed by atoms with van der Waals surface area (Å²) in [6.45, 7) is 3.39. The van der Waals surface area contributed by atoms with Crippen molar-refractivity contribution in [1.29, 1.82) is 0 Å². The van der Waals surface area contributed by atoms with Gasteiger partial charge in [-0.2, -0.15) is 0 Å². The molecule has 0 amide bonds. The normalized spacial score (nSPS) is 33.7. The van der Waals surface area contributed by atoms with Crippen molar-refractivity contribution in [2.24, 2.45) is 0 Å². The van der Waals surface area contributed by atoms with E-state index in [4.69, 9.17) is 9.47 Å². The van der Waals surface area contributed by atoms with Crippen LogP contribution in [0.25, 0.3) is 0 Å². The molecule has 0 unspecified atom stereocenters. The molecule has 6 heteroatoms. The highest BCUT2D eigenvalue weighted by atomic mass is 32.2. The van der Waals surface area contributed by atoms with Crippen molar-refractivity contribution in [2.75, 3.05) is 19.0 Å². The molecule has 0 bridgehead atoms. The van der Waals surface area contributed by atoms with E-state index in [9.17, 15) is 8.42 Å². The molecule has 3 atom stereocenters. The van der Waals surface area contributed by atoms with Gasteiger partial charge in [0.05, 0.1) is 18.0 Å². The second-order valence-corrected chi connectivity index (χ2v) is 7.14. The molecule has 2 aliphatic rings. The van der Waals surface area contributed by atoms with Gasteiger partial charge in [-0.05, 0) is 39.0 Å². The van der Waals surface area contributed by atoms with Gasteiger partial charge < -0.3 is 9.47 Å². The number of sulfonamides is 1. The van der Waals surface area contributed by atoms with Crippen molar-refractivity contribution in [1.82, 2.24) is 4.72 Å². The molecule has 18 heavy (non-hydrogen) atoms. The van der Waals surface area contributed by atoms with Gasteiger partial charge >= 0.3 is 0 Å². The van der Waals surface area contributed by atoms with Crippen LogP contribution in [0.15, 0.2) is 0 Å². The fourth-order valence-electron chi connectivity index (χ4n) is 2.58. The zero-order valence-electron chi connectivity index (χ0n) is 10.9. The summed E-state index contributed by atoms with van der Waals surface area (Å²) >= 11 is 0. The zero-order chi connectivity index (χ0) is 13.0. The molecule has 0 radical (unpaired) electrons. The van der Waals surface area contributed by atoms with Crippen LogP contribution in [0.5, 0.6) is 0 Å². The first-order valence-electron chi connectivity index (χ1n) is 6.78. The smallest absolute Gasteiger partial charge is 0.211 e. The molecule has 106 valence electrons. The van der Waals surface area contributed by atoms with Crippen LogP contribution in [-0.2, 0) is 19.5 Å². The molecule has 1 N–H and O–H groups in total. The number of ether oxygens (including phenoxy) is 2. The summed E-state index contributed by atoms with van der Waals surface area (Å²) < 4.78 is 37.5. The van der Waals surface area contributed by atoms with Gasteiger partial charge in [0.2, 0.25) is 10.0 Å². The predicted octanol–water partition coefficient (Wildman–Crippen LogP) is 1.04. The van der Waals surface area contributed by atoms with E-state index in [1.807, 2.05) is 6.92 Å². The third kappa shape index (κ3) is 4.50. The minimum Gasteiger partial charge on any atom is -0.378 e. The molecule has 2 saturated heterocycles. The topological polar surface area (TPSA) is 64.6 Å². The summed E-state index contributed by atoms with van der Waals surface area (Å²) in [5.74, 6) is 0.170. The van der Waals surface area contributed by atoms with Crippen LogP contribution >= 0.6 is 0 Å². The molecular weight excluding hydrogens is 254 g/mol. The minimum absolute atomic E-state index is 0.0308. The van der Waals surface area contributed by atoms with Gasteiger partial charge in [-0.3, -0.25) is 0 Å². The van der Waals surface area contributed by atoms with Crippen molar-refractivity contribution in [3.63, 3.8) is 0 Å². The Morgan fingerprint density at radius 2 is 2.06 bits per heavy atom. The first kappa shape index (κ1) is 14.2. The predicted molar refractivity (Wildman–Crippen MR) is 68.9 cm³/mol. The van der Waals surface area contributed by atoms with Gasteiger partial charge in [-0.1, -0.05) is 0 Å². The van der Waals surface area contributed by atoms with Crippen molar-refractivity contribution in [3.05, 3.63) is 0 Å². The second kappa shape index (κ2) is 6.32. The Morgan fingerprint density at radius 1 is 1.22 bits per heavy atom. The molecule has 2 heterocycles. The third-order valence-electron chi connectivity index (χ3n) is 3.56. The van der Waals surface area contributed by atoms with Crippen LogP contribution in [0.2, 0.25) is 0 Å². The van der Waals surface area contributed by atoms with Gasteiger partial charge in [-0.25, -0.2) is 13.1 Å². The van der Waals surface area contributed by atoms with Gasteiger partial charge in [-0.15, -0.1) is 0 Å². The van der Waals surface area contributed by atoms with Crippen LogP contribution < -0.4 is 4.72 Å². The highest BCUT2D eigenvalue weighted by Gasteiger charge is 2.25. The number of hydrogen-bond donors (Lipinski definition) is 1. The highest BCUT2D eigenvalue weighted by Crippen LogP contribution is 2.17. The lowest BCUT2D eigenvalue weighted by Gasteiger charge is -2.27. The second-order valence-electron chi connectivity index (χ2n) is 5.26. The standard InChI is InChI=1S/C12H23NO4S/c1-10-9-11(4-7-16-10)13-18(14,15)8-5-12-3-2-6-17-12/h10-13H,2-9H2,1H3/t10-,11-,12+/m1/s1. The molecule has 2 aliphatic heterocycles. The Bertz CT molecular complexity index is 351. The van der Waals surface area contributed by atoms with Crippen LogP contribution in [0, 0.1) is 0 Å². The molecule has 0 aromatic rings. The molecule has 0 spiro atoms. The largest absolute Gasteiger partial charge is 0.378 e. The van der Waals surface area contributed by atoms with Gasteiger partial charge in [0, 0.05) is 19.3 Å². The monoisotopic (exact) mass is 277 g/mol. The van der Waals surface area contributed by atoms with Crippen LogP contribution in [0.3, 0.4) is 0 Å². The van der Waals surface area contributed by atoms with E-state index in [1.165, 1.54) is 0 Å². The van der Waals surface area contributed by atoms with Gasteiger partial charge in [0.1, 0.15) is 0 Å². The lowest BCUT2D eigenvalue weighted by atomic mass is 10.1. The zero-order valence-corrected chi connectivity index (χ0v) is 11.7. The van der Waals surface area contributed by atoms with Crippen molar-refractivity contribution in [3.8, 4) is 0 Å². The summed E-state index contributed by atoms with van der Waals surface area (Å²) in [6, 6.07) is 0.0308. The molecule has 0 aromatic carbocycles. The van der Waals surface area contributed by atoms with E-state index < -0.39 is 10.0 Å². The van der Waals surface area contributed by atoms with Crippen LogP contribution in [-0.4, -0.2) is 45.6 Å². The minimum atomic E-state index is -3.18. The number of nitrogens with one attached hydrogen (secondary N) is 1. The number of rotatable bonds is 5. The van der Waals surface area contributed by atoms with E-state index in [-0.39, 0.29) is 24.0 Å². The SMILES string of the molecule is C[C@@H]1C[C@H](NS(=O)(=O)CC[C@@H]2CCCO2)CCO1. The van der Waals surface area contributed by atoms with E-state index in [0.717, 1.165) is 32.3 Å². The summed E-state index contributed by atoms with van der Waals surface area (Å²) in [7, 11) is -3.18. The Labute approximate surface area is 109 Å². The maximum Gasteiger partial charge on any atom is 0.211 e. The highest BCUT2D eigenvalue weighted by molar-refractivity contribution is 7.89. The first-order chi connectivity index (χ1) is 8.55. The Kier molecular flexibility index (Phi) is 5.00. The fraction of sp³-hybridized carbons (Fsp3) is 1.00. The van der Waals surface area contributed by atoms with Crippen molar-refractivity contribution < 1.29 is 17.9 Å². The molecule has 2 rings (SSSR count). The molecule has 0 aliphatic carbocycles. The summed E-state index contributed by atoms with van der Waals surface area (Å²) in [4.78, 5) is 0. The first-order valence-corrected chi connectivity index (χ1v) is 8.43. The summed E-state index contributed by atoms with van der Waals surface area (Å²) in [5, 5.41) is 0. The lowest BCUT2D eigenvalue weighted by molar-refractivity contribution is 0.0173. The third-order valence-corrected chi connectivity index (χ3v) is 5.03. The molecule has 0 aromatic heterocycles. The summed E-state index contributed by atoms with van der Waals surface area (Å²) in [5.41, 5.74) is 0. The number of hydrogen-bond acceptors (Lipinski definition) is 4. The average molecular weight is 277 g/mol. The Hall–Kier alpha value is -0.170. The molecule has 5 nitrogen and oxygen atoms in total. The van der Waals surface area contributed by atoms with E-state index >= 15 is 0 Å². The quantitative estimate of drug-likeness (QED) is 0.815. The molecule has 0 saturated carbocycles. The van der Waals surface area contributed by atoms with E-state index in [0.29, 0.717) is 13.0 Å².